The standard InChI is InChI=1S/C3H4F3O2/c1-3(6,7)8-2(4)5/h2H,1H3. The minimum atomic E-state index is -3.48. The lowest BCUT2D eigenvalue weighted by Crippen LogP contribution is -2.22. The summed E-state index contributed by atoms with van der Waals surface area (Å²) in [4.78, 5) is 0. The second-order valence-electron chi connectivity index (χ2n) is 1.21. The summed E-state index contributed by atoms with van der Waals surface area (Å²) in [7, 11) is 0. The van der Waals surface area contributed by atoms with Crippen LogP contribution in [0.15, 0.2) is 0 Å². The molecule has 0 fully saturated rings. The van der Waals surface area contributed by atoms with Gasteiger partial charge in [-0.1, -0.05) is 0 Å². The molecule has 0 heterocycles. The summed E-state index contributed by atoms with van der Waals surface area (Å²) in [5.41, 5.74) is 0. The number of ether oxygens (including phenoxy) is 1. The summed E-state index contributed by atoms with van der Waals surface area (Å²) in [5.74, 6) is 0. The average molecular weight is 129 g/mol. The van der Waals surface area contributed by atoms with Crippen LogP contribution in [0.2, 0.25) is 0 Å². The van der Waals surface area contributed by atoms with Gasteiger partial charge in [0.05, 0.1) is 0 Å². The predicted molar refractivity (Wildman–Crippen MR) is 17.3 cm³/mol. The maximum Gasteiger partial charge on any atom is 0.349 e. The highest BCUT2D eigenvalue weighted by Gasteiger charge is 2.26. The van der Waals surface area contributed by atoms with E-state index in [-0.39, 0.29) is 0 Å². The first-order valence-corrected chi connectivity index (χ1v) is 1.77. The van der Waals surface area contributed by atoms with E-state index in [1.807, 2.05) is 0 Å². The van der Waals surface area contributed by atoms with Crippen molar-refractivity contribution in [2.24, 2.45) is 0 Å². The van der Waals surface area contributed by atoms with Crippen LogP contribution in [-0.4, -0.2) is 12.7 Å². The van der Waals surface area contributed by atoms with Crippen LogP contribution in [0.25, 0.3) is 0 Å². The topological polar surface area (TPSA) is 29.1 Å². The third-order valence-corrected chi connectivity index (χ3v) is 0.300. The molecule has 0 saturated heterocycles. The molecular formula is C3H4F3O2. The lowest BCUT2D eigenvalue weighted by atomic mass is 10.7. The van der Waals surface area contributed by atoms with Gasteiger partial charge in [-0.05, 0) is 0 Å². The molecule has 0 spiro atoms. The summed E-state index contributed by atoms with van der Waals surface area (Å²) in [5, 5.41) is 9.54. The van der Waals surface area contributed by atoms with Gasteiger partial charge in [0.1, 0.15) is 0 Å². The number of rotatable bonds is 2. The van der Waals surface area contributed by atoms with Crippen LogP contribution < -0.4 is 0 Å². The molecule has 0 N–H and O–H groups in total. The Balaban J connectivity index is 3.39. The van der Waals surface area contributed by atoms with Gasteiger partial charge in [-0.2, -0.15) is 18.3 Å². The molecule has 0 saturated carbocycles. The molecular weight excluding hydrogens is 125 g/mol. The van der Waals surface area contributed by atoms with Crippen molar-refractivity contribution < 1.29 is 23.0 Å². The first-order chi connectivity index (χ1) is 3.42. The maximum atomic E-state index is 11.4. The smallest absolute Gasteiger partial charge is 0.260 e. The molecule has 0 amide bonds. The Bertz CT molecular complexity index is 67.4. The van der Waals surface area contributed by atoms with Crippen LogP contribution in [0.3, 0.4) is 0 Å². The van der Waals surface area contributed by atoms with E-state index in [1.54, 1.807) is 0 Å². The van der Waals surface area contributed by atoms with Gasteiger partial charge in [0.25, 0.3) is 0 Å². The van der Waals surface area contributed by atoms with Gasteiger partial charge in [-0.15, -0.1) is 0 Å². The van der Waals surface area contributed by atoms with E-state index < -0.39 is 12.7 Å². The van der Waals surface area contributed by atoms with Gasteiger partial charge < -0.3 is 0 Å². The van der Waals surface area contributed by atoms with Crippen LogP contribution >= 0.6 is 0 Å². The summed E-state index contributed by atoms with van der Waals surface area (Å²) in [6.07, 6.45) is 0. The third kappa shape index (κ3) is 5.71. The fourth-order valence-corrected chi connectivity index (χ4v) is 0.159. The summed E-state index contributed by atoms with van der Waals surface area (Å²) >= 11 is 0. The van der Waals surface area contributed by atoms with Crippen molar-refractivity contribution in [3.8, 4) is 0 Å². The quantitative estimate of drug-likeness (QED) is 0.516. The molecule has 0 aromatic carbocycles. The fourth-order valence-electron chi connectivity index (χ4n) is 0.159. The maximum absolute atomic E-state index is 11.4. The molecule has 0 aliphatic carbocycles. The third-order valence-electron chi connectivity index (χ3n) is 0.300. The molecule has 1 radical (unpaired) electrons. The van der Waals surface area contributed by atoms with Crippen molar-refractivity contribution in [1.82, 2.24) is 0 Å². The highest BCUT2D eigenvalue weighted by molar-refractivity contribution is 4.32. The Morgan fingerprint density at radius 1 is 1.62 bits per heavy atom. The van der Waals surface area contributed by atoms with E-state index >= 15 is 0 Å². The molecule has 0 bridgehead atoms. The monoisotopic (exact) mass is 129 g/mol. The molecule has 49 valence electrons. The summed E-state index contributed by atoms with van der Waals surface area (Å²) in [6, 6.07) is -3.48. The van der Waals surface area contributed by atoms with E-state index in [1.165, 1.54) is 0 Å². The van der Waals surface area contributed by atoms with Crippen molar-refractivity contribution in [2.75, 3.05) is 0 Å². The predicted octanol–water partition coefficient (Wildman–Crippen LogP) is 1.30. The Labute approximate surface area is 43.9 Å². The highest BCUT2D eigenvalue weighted by atomic mass is 19.3. The second-order valence-corrected chi connectivity index (χ2v) is 1.21. The average Bonchev–Trinajstić information content (AvgIpc) is 1.21. The molecule has 0 aliphatic heterocycles. The summed E-state index contributed by atoms with van der Waals surface area (Å²) in [6.45, 7) is -2.98. The van der Waals surface area contributed by atoms with Gasteiger partial charge >= 0.3 is 12.7 Å². The van der Waals surface area contributed by atoms with Gasteiger partial charge in [0, 0.05) is 6.92 Å². The van der Waals surface area contributed by atoms with Crippen LogP contribution in [0.5, 0.6) is 0 Å². The van der Waals surface area contributed by atoms with E-state index in [4.69, 9.17) is 0 Å². The van der Waals surface area contributed by atoms with Crippen molar-refractivity contribution >= 4 is 0 Å². The lowest BCUT2D eigenvalue weighted by Gasteiger charge is -2.08. The minimum Gasteiger partial charge on any atom is -0.260 e. The van der Waals surface area contributed by atoms with E-state index in [0.717, 1.165) is 0 Å². The molecule has 0 aliphatic rings. The Hall–Kier alpha value is -0.290. The van der Waals surface area contributed by atoms with Crippen LogP contribution in [0.4, 0.5) is 13.2 Å². The zero-order valence-electron chi connectivity index (χ0n) is 4.03. The molecule has 8 heavy (non-hydrogen) atoms. The first kappa shape index (κ1) is 7.71. The fraction of sp³-hybridized carbons (Fsp3) is 1.00. The van der Waals surface area contributed by atoms with Crippen LogP contribution in [0, 0.1) is 0 Å². The largest absolute Gasteiger partial charge is 0.349 e. The first-order valence-electron chi connectivity index (χ1n) is 1.77. The van der Waals surface area contributed by atoms with Gasteiger partial charge in [0.2, 0.25) is 0 Å². The number of hydrogen-bond acceptors (Lipinski definition) is 1. The van der Waals surface area contributed by atoms with E-state index in [2.05, 4.69) is 4.74 Å². The number of alkyl halides is 3. The Morgan fingerprint density at radius 3 is 2.00 bits per heavy atom. The molecule has 5 heteroatoms. The normalized spacial score (nSPS) is 18.8. The minimum absolute atomic E-state index is 0.360. The second kappa shape index (κ2) is 2.32. The van der Waals surface area contributed by atoms with Crippen molar-refractivity contribution in [3.05, 3.63) is 0 Å². The summed E-state index contributed by atoms with van der Waals surface area (Å²) < 4.78 is 36.0. The van der Waals surface area contributed by atoms with Gasteiger partial charge in [-0.25, -0.2) is 0 Å². The van der Waals surface area contributed by atoms with Gasteiger partial charge in [-0.3, -0.25) is 4.74 Å². The van der Waals surface area contributed by atoms with Crippen molar-refractivity contribution in [3.63, 3.8) is 0 Å². The molecule has 0 aromatic rings. The van der Waals surface area contributed by atoms with Crippen molar-refractivity contribution in [2.45, 2.75) is 19.6 Å². The molecule has 1 atom stereocenters. The molecule has 2 nitrogen and oxygen atoms in total. The SMILES string of the molecule is CC([O])(F)OC(F)F. The van der Waals surface area contributed by atoms with Crippen molar-refractivity contribution in [1.29, 1.82) is 0 Å². The Kier molecular flexibility index (Phi) is 2.24. The molecule has 0 aromatic heterocycles. The van der Waals surface area contributed by atoms with Gasteiger partial charge in [0.15, 0.2) is 0 Å². The highest BCUT2D eigenvalue weighted by Crippen LogP contribution is 2.12. The molecule has 1 unspecified atom stereocenters. The van der Waals surface area contributed by atoms with Crippen LogP contribution in [-0.2, 0) is 9.84 Å². The van der Waals surface area contributed by atoms with Crippen LogP contribution in [0.1, 0.15) is 6.92 Å². The lowest BCUT2D eigenvalue weighted by molar-refractivity contribution is -0.369. The zero-order valence-corrected chi connectivity index (χ0v) is 4.03. The van der Waals surface area contributed by atoms with E-state index in [9.17, 15) is 18.3 Å². The number of hydrogen-bond donors (Lipinski definition) is 0. The number of halogens is 3. The zero-order chi connectivity index (χ0) is 6.78. The molecule has 0 rings (SSSR count). The van der Waals surface area contributed by atoms with E-state index in [0.29, 0.717) is 6.92 Å². The Morgan fingerprint density at radius 2 is 2.00 bits per heavy atom.